The van der Waals surface area contributed by atoms with Crippen LogP contribution in [0.3, 0.4) is 0 Å². The summed E-state index contributed by atoms with van der Waals surface area (Å²) in [4.78, 5) is 0. The smallest absolute Gasteiger partial charge is 0.386 e. The molecule has 0 unspecified atom stereocenters. The normalized spacial score (nSPS) is 10.7. The van der Waals surface area contributed by atoms with Crippen LogP contribution in [0.1, 0.15) is 19.3 Å². The van der Waals surface area contributed by atoms with Gasteiger partial charge in [-0.2, -0.15) is 37.9 Å². The second-order valence-corrected chi connectivity index (χ2v) is 4.47. The lowest BCUT2D eigenvalue weighted by Gasteiger charge is -2.13. The molecule has 0 amide bonds. The molecule has 0 aliphatic carbocycles. The van der Waals surface area contributed by atoms with Gasteiger partial charge in [0.15, 0.2) is 0 Å². The van der Waals surface area contributed by atoms with Crippen LogP contribution in [0.15, 0.2) is 0 Å². The summed E-state index contributed by atoms with van der Waals surface area (Å²) < 4.78 is 16.3. The van der Waals surface area contributed by atoms with Gasteiger partial charge in [0, 0.05) is 19.8 Å². The van der Waals surface area contributed by atoms with Crippen molar-refractivity contribution in [3.8, 4) is 0 Å². The zero-order chi connectivity index (χ0) is 12.1. The number of rotatable bonds is 12. The fourth-order valence-corrected chi connectivity index (χ4v) is 1.26. The highest BCUT2D eigenvalue weighted by atomic mass is 32.1. The summed E-state index contributed by atoms with van der Waals surface area (Å²) in [7, 11) is -0.556. The van der Waals surface area contributed by atoms with E-state index in [-0.39, 0.29) is 0 Å². The summed E-state index contributed by atoms with van der Waals surface area (Å²) in [5.74, 6) is 2.42. The molecule has 96 valence electrons. The molecular formula is C9H21BO3S3. The van der Waals surface area contributed by atoms with Gasteiger partial charge >= 0.3 is 7.32 Å². The Labute approximate surface area is 115 Å². The minimum absolute atomic E-state index is 0.556. The largest absolute Gasteiger partial charge is 0.639 e. The molecule has 0 radical (unpaired) electrons. The van der Waals surface area contributed by atoms with Crippen molar-refractivity contribution in [1.29, 1.82) is 0 Å². The van der Waals surface area contributed by atoms with Gasteiger partial charge in [-0.15, -0.1) is 0 Å². The zero-order valence-corrected chi connectivity index (χ0v) is 12.2. The van der Waals surface area contributed by atoms with E-state index in [0.717, 1.165) is 36.5 Å². The topological polar surface area (TPSA) is 27.7 Å². The highest BCUT2D eigenvalue weighted by molar-refractivity contribution is 7.80. The van der Waals surface area contributed by atoms with Crippen LogP contribution in [-0.4, -0.2) is 44.4 Å². The van der Waals surface area contributed by atoms with Crippen LogP contribution in [-0.2, 0) is 14.0 Å². The summed E-state index contributed by atoms with van der Waals surface area (Å²) in [6.45, 7) is 1.82. The van der Waals surface area contributed by atoms with E-state index < -0.39 is 7.32 Å². The van der Waals surface area contributed by atoms with E-state index in [4.69, 9.17) is 14.0 Å². The van der Waals surface area contributed by atoms with E-state index in [1.807, 2.05) is 0 Å². The average molecular weight is 284 g/mol. The molecule has 3 nitrogen and oxygen atoms in total. The van der Waals surface area contributed by atoms with Crippen LogP contribution in [0.5, 0.6) is 0 Å². The van der Waals surface area contributed by atoms with Crippen LogP contribution < -0.4 is 0 Å². The average Bonchev–Trinajstić information content (AvgIpc) is 2.29. The molecule has 0 bridgehead atoms. The van der Waals surface area contributed by atoms with Crippen molar-refractivity contribution in [3.63, 3.8) is 0 Å². The van der Waals surface area contributed by atoms with Crippen LogP contribution in [0, 0.1) is 0 Å². The Morgan fingerprint density at radius 1 is 0.625 bits per heavy atom. The van der Waals surface area contributed by atoms with Crippen molar-refractivity contribution in [1.82, 2.24) is 0 Å². The van der Waals surface area contributed by atoms with Gasteiger partial charge in [0.25, 0.3) is 0 Å². The first-order valence-electron chi connectivity index (χ1n) is 5.52. The highest BCUT2D eigenvalue weighted by Crippen LogP contribution is 1.99. The molecule has 0 saturated carbocycles. The summed E-state index contributed by atoms with van der Waals surface area (Å²) in [5, 5.41) is 0. The third-order valence-electron chi connectivity index (χ3n) is 1.67. The molecule has 0 rings (SSSR count). The molecule has 0 aromatic rings. The minimum atomic E-state index is -0.556. The van der Waals surface area contributed by atoms with Crippen LogP contribution in [0.4, 0.5) is 0 Å². The van der Waals surface area contributed by atoms with Gasteiger partial charge in [-0.05, 0) is 36.5 Å². The fraction of sp³-hybridized carbons (Fsp3) is 1.00. The number of thiol groups is 3. The van der Waals surface area contributed by atoms with Gasteiger partial charge < -0.3 is 14.0 Å². The van der Waals surface area contributed by atoms with Crippen LogP contribution in [0.2, 0.25) is 0 Å². The third kappa shape index (κ3) is 11.5. The van der Waals surface area contributed by atoms with E-state index in [0.29, 0.717) is 19.8 Å². The van der Waals surface area contributed by atoms with Gasteiger partial charge in [0.2, 0.25) is 0 Å². The molecule has 0 saturated heterocycles. The van der Waals surface area contributed by atoms with Gasteiger partial charge in [0.1, 0.15) is 0 Å². The van der Waals surface area contributed by atoms with E-state index in [9.17, 15) is 0 Å². The Morgan fingerprint density at radius 2 is 0.938 bits per heavy atom. The zero-order valence-electron chi connectivity index (χ0n) is 9.51. The number of hydrogen-bond donors (Lipinski definition) is 3. The van der Waals surface area contributed by atoms with E-state index in [1.165, 1.54) is 0 Å². The Bertz CT molecular complexity index is 119. The van der Waals surface area contributed by atoms with Crippen molar-refractivity contribution < 1.29 is 14.0 Å². The molecule has 0 aromatic heterocycles. The first-order valence-corrected chi connectivity index (χ1v) is 7.42. The van der Waals surface area contributed by atoms with Crippen molar-refractivity contribution in [2.45, 2.75) is 19.3 Å². The Kier molecular flexibility index (Phi) is 14.9. The van der Waals surface area contributed by atoms with Crippen molar-refractivity contribution in [2.24, 2.45) is 0 Å². The molecule has 0 heterocycles. The predicted molar refractivity (Wildman–Crippen MR) is 79.0 cm³/mol. The SMILES string of the molecule is SCCCOB(OCCCS)OCCCS. The predicted octanol–water partition coefficient (Wildman–Crippen LogP) is 1.98. The maximum Gasteiger partial charge on any atom is 0.639 e. The monoisotopic (exact) mass is 284 g/mol. The molecule has 0 spiro atoms. The molecule has 0 aromatic carbocycles. The molecule has 16 heavy (non-hydrogen) atoms. The summed E-state index contributed by atoms with van der Waals surface area (Å²) in [6.07, 6.45) is 2.68. The molecule has 0 aliphatic heterocycles. The second-order valence-electron chi connectivity index (χ2n) is 3.13. The van der Waals surface area contributed by atoms with E-state index in [2.05, 4.69) is 37.9 Å². The summed E-state index contributed by atoms with van der Waals surface area (Å²) in [6, 6.07) is 0. The molecular weight excluding hydrogens is 263 g/mol. The van der Waals surface area contributed by atoms with E-state index >= 15 is 0 Å². The van der Waals surface area contributed by atoms with Crippen LogP contribution in [0.25, 0.3) is 0 Å². The summed E-state index contributed by atoms with van der Waals surface area (Å²) in [5.41, 5.74) is 0. The van der Waals surface area contributed by atoms with Crippen molar-refractivity contribution in [2.75, 3.05) is 37.1 Å². The van der Waals surface area contributed by atoms with Crippen molar-refractivity contribution >= 4 is 45.2 Å². The Hall–Kier alpha value is 0.995. The molecule has 0 N–H and O–H groups in total. The second kappa shape index (κ2) is 14.1. The van der Waals surface area contributed by atoms with Gasteiger partial charge in [-0.3, -0.25) is 0 Å². The highest BCUT2D eigenvalue weighted by Gasteiger charge is 2.20. The van der Waals surface area contributed by atoms with Crippen molar-refractivity contribution in [3.05, 3.63) is 0 Å². The Balaban J connectivity index is 3.58. The molecule has 0 aliphatic rings. The lowest BCUT2D eigenvalue weighted by Crippen LogP contribution is -2.29. The van der Waals surface area contributed by atoms with E-state index in [1.54, 1.807) is 0 Å². The standard InChI is InChI=1S/C9H21BO3S3/c14-7-1-4-11-10(12-5-2-8-15)13-6-3-9-16/h14-16H,1-9H2. The van der Waals surface area contributed by atoms with Gasteiger partial charge in [-0.25, -0.2) is 0 Å². The molecule has 7 heteroatoms. The Morgan fingerprint density at radius 3 is 1.19 bits per heavy atom. The third-order valence-corrected chi connectivity index (χ3v) is 2.62. The first-order chi connectivity index (χ1) is 7.85. The summed E-state index contributed by atoms with van der Waals surface area (Å²) >= 11 is 12.3. The fourth-order valence-electron chi connectivity index (χ4n) is 0.877. The molecule has 0 fully saturated rings. The maximum absolute atomic E-state index is 5.43. The van der Waals surface area contributed by atoms with Gasteiger partial charge in [0.05, 0.1) is 0 Å². The lowest BCUT2D eigenvalue weighted by atomic mass is 10.2. The number of hydrogen-bond acceptors (Lipinski definition) is 6. The van der Waals surface area contributed by atoms with Crippen LogP contribution >= 0.6 is 37.9 Å². The lowest BCUT2D eigenvalue weighted by molar-refractivity contribution is 0.0941. The quantitative estimate of drug-likeness (QED) is 0.291. The van der Waals surface area contributed by atoms with Gasteiger partial charge in [-0.1, -0.05) is 0 Å². The minimum Gasteiger partial charge on any atom is -0.386 e. The maximum atomic E-state index is 5.43. The first kappa shape index (κ1) is 17.0. The molecule has 0 atom stereocenters.